The van der Waals surface area contributed by atoms with Crippen molar-refractivity contribution in [3.63, 3.8) is 0 Å². The van der Waals surface area contributed by atoms with Crippen molar-refractivity contribution in [1.29, 1.82) is 0 Å². The van der Waals surface area contributed by atoms with Gasteiger partial charge in [0, 0.05) is 31.4 Å². The van der Waals surface area contributed by atoms with E-state index in [-0.39, 0.29) is 30.3 Å². The van der Waals surface area contributed by atoms with Gasteiger partial charge in [0.15, 0.2) is 0 Å². The normalized spacial score (nSPS) is 27.8. The largest absolute Gasteiger partial charge is 0.492 e. The van der Waals surface area contributed by atoms with Crippen molar-refractivity contribution in [3.8, 4) is 0 Å². The van der Waals surface area contributed by atoms with Gasteiger partial charge in [-0.2, -0.15) is 0 Å². The lowest BCUT2D eigenvalue weighted by Crippen LogP contribution is -2.53. The molecule has 4 N–H and O–H groups in total. The van der Waals surface area contributed by atoms with E-state index in [9.17, 15) is 9.59 Å². The number of likely N-dealkylation sites (N-methyl/N-ethyl adjacent to an activating group) is 1. The van der Waals surface area contributed by atoms with Crippen molar-refractivity contribution in [2.75, 3.05) is 46.9 Å². The molecule has 1 aliphatic rings. The topological polar surface area (TPSA) is 94.7 Å². The van der Waals surface area contributed by atoms with Gasteiger partial charge in [-0.05, 0) is 45.0 Å². The Morgan fingerprint density at radius 1 is 1.13 bits per heavy atom. The fourth-order valence-corrected chi connectivity index (χ4v) is 3.06. The van der Waals surface area contributed by atoms with Gasteiger partial charge in [-0.25, -0.2) is 0 Å². The lowest BCUT2D eigenvalue weighted by atomic mass is 9.99. The molecule has 2 unspecified atom stereocenters. The minimum absolute atomic E-state index is 0.0467. The first kappa shape index (κ1) is 26.5. The number of carbonyl (C=O) groups excluding carboxylic acids is 2. The molecule has 0 saturated carbocycles. The zero-order chi connectivity index (χ0) is 23.4. The number of amides is 2. The maximum Gasteiger partial charge on any atom is 0.243 e. The predicted molar refractivity (Wildman–Crippen MR) is 125 cm³/mol. The first-order valence-electron chi connectivity index (χ1n) is 10.6. The van der Waals surface area contributed by atoms with Crippen LogP contribution in [0.1, 0.15) is 20.3 Å². The zero-order valence-corrected chi connectivity index (χ0v) is 19.4. The summed E-state index contributed by atoms with van der Waals surface area (Å²) in [5.74, 6) is 0.359. The molecular formula is C23H39N5O3. The average Bonchev–Trinajstić information content (AvgIpc) is 2.72. The average molecular weight is 434 g/mol. The summed E-state index contributed by atoms with van der Waals surface area (Å²) in [4.78, 5) is 27.0. The van der Waals surface area contributed by atoms with Crippen LogP contribution in [0.3, 0.4) is 0 Å². The number of carbonyl (C=O) groups is 2. The minimum atomic E-state index is -0.650. The highest BCUT2D eigenvalue weighted by Gasteiger charge is 2.22. The molecule has 1 aliphatic heterocycles. The molecule has 0 aliphatic carbocycles. The second-order valence-corrected chi connectivity index (χ2v) is 8.28. The Balaban J connectivity index is 3.02. The molecule has 8 nitrogen and oxygen atoms in total. The van der Waals surface area contributed by atoms with E-state index in [0.29, 0.717) is 44.1 Å². The molecule has 174 valence electrons. The van der Waals surface area contributed by atoms with E-state index >= 15 is 0 Å². The summed E-state index contributed by atoms with van der Waals surface area (Å²) in [6.07, 6.45) is 4.14. The van der Waals surface area contributed by atoms with Crippen molar-refractivity contribution in [1.82, 2.24) is 26.2 Å². The van der Waals surface area contributed by atoms with Gasteiger partial charge in [0.1, 0.15) is 18.4 Å². The first-order chi connectivity index (χ1) is 14.7. The van der Waals surface area contributed by atoms with Crippen LogP contribution in [0.2, 0.25) is 0 Å². The molecule has 0 fully saturated rings. The van der Waals surface area contributed by atoms with Crippen LogP contribution in [-0.2, 0) is 14.3 Å². The Kier molecular flexibility index (Phi) is 11.7. The van der Waals surface area contributed by atoms with E-state index < -0.39 is 6.04 Å². The maximum absolute atomic E-state index is 12.7. The smallest absolute Gasteiger partial charge is 0.243 e. The second-order valence-electron chi connectivity index (χ2n) is 8.28. The van der Waals surface area contributed by atoms with Gasteiger partial charge < -0.3 is 30.9 Å². The number of nitrogens with one attached hydrogen (secondary N) is 4. The van der Waals surface area contributed by atoms with Crippen molar-refractivity contribution < 1.29 is 14.3 Å². The molecule has 1 heterocycles. The van der Waals surface area contributed by atoms with Gasteiger partial charge in [-0.3, -0.25) is 9.59 Å². The molecule has 0 aromatic carbocycles. The quantitative estimate of drug-likeness (QED) is 0.527. The Morgan fingerprint density at radius 2 is 1.84 bits per heavy atom. The minimum Gasteiger partial charge on any atom is -0.492 e. The summed E-state index contributed by atoms with van der Waals surface area (Å²) in [5, 5.41) is 12.1. The number of hydrogen-bond donors (Lipinski definition) is 4. The highest BCUT2D eigenvalue weighted by molar-refractivity contribution is 5.88. The zero-order valence-electron chi connectivity index (χ0n) is 19.4. The highest BCUT2D eigenvalue weighted by Crippen LogP contribution is 2.18. The van der Waals surface area contributed by atoms with Gasteiger partial charge in [0.05, 0.1) is 6.54 Å². The number of nitrogens with zero attached hydrogens (tertiary/aromatic N) is 1. The maximum atomic E-state index is 12.7. The lowest BCUT2D eigenvalue weighted by molar-refractivity contribution is -0.129. The van der Waals surface area contributed by atoms with Crippen molar-refractivity contribution in [2.45, 2.75) is 32.4 Å². The molecule has 0 aromatic heterocycles. The number of hydrogen-bond acceptors (Lipinski definition) is 6. The Hall–Kier alpha value is -2.58. The second kappa shape index (κ2) is 13.7. The van der Waals surface area contributed by atoms with Crippen LogP contribution in [0, 0.1) is 5.92 Å². The van der Waals surface area contributed by atoms with Crippen molar-refractivity contribution >= 4 is 11.8 Å². The monoisotopic (exact) mass is 433 g/mol. The molecule has 31 heavy (non-hydrogen) atoms. The summed E-state index contributed by atoms with van der Waals surface area (Å²) in [5.41, 5.74) is 1.62. The third kappa shape index (κ3) is 10.3. The van der Waals surface area contributed by atoms with E-state index in [1.54, 1.807) is 12.2 Å². The van der Waals surface area contributed by atoms with Crippen LogP contribution in [0.15, 0.2) is 48.9 Å². The molecule has 3 atom stereocenters. The van der Waals surface area contributed by atoms with E-state index in [1.165, 1.54) is 0 Å². The van der Waals surface area contributed by atoms with Crippen molar-refractivity contribution in [2.24, 2.45) is 5.92 Å². The Labute approximate surface area is 186 Å². The van der Waals surface area contributed by atoms with E-state index in [2.05, 4.69) is 41.0 Å². The third-order valence-electron chi connectivity index (χ3n) is 4.79. The van der Waals surface area contributed by atoms with Gasteiger partial charge >= 0.3 is 0 Å². The fourth-order valence-electron chi connectivity index (χ4n) is 3.06. The number of ether oxygens (including phenoxy) is 1. The van der Waals surface area contributed by atoms with Crippen molar-refractivity contribution in [3.05, 3.63) is 48.9 Å². The summed E-state index contributed by atoms with van der Waals surface area (Å²) in [6.45, 7) is 17.6. The molecule has 8 heteroatoms. The van der Waals surface area contributed by atoms with E-state index in [1.807, 2.05) is 32.8 Å². The van der Waals surface area contributed by atoms with Crippen LogP contribution in [0.4, 0.5) is 0 Å². The standard InChI is InChI=1S/C23H39N5O3/c1-8-19-10-16(3)11-26-23(30)20(14-28(6)7)27-22(29)13-25-17(4)12-24-18(5)15-31-21(19)9-2/h8-9,16,18,20,24-25H,1-2,4,10-15H2,3,5-7H3,(H,26,30)(H,27,29)/b21-19-/t16?,18-,20?/m0/s1. The van der Waals surface area contributed by atoms with Gasteiger partial charge in [0.2, 0.25) is 11.8 Å². The summed E-state index contributed by atoms with van der Waals surface area (Å²) >= 11 is 0. The molecule has 0 saturated heterocycles. The first-order valence-corrected chi connectivity index (χ1v) is 10.6. The molecular weight excluding hydrogens is 394 g/mol. The molecule has 0 spiro atoms. The molecule has 2 amide bonds. The van der Waals surface area contributed by atoms with Gasteiger partial charge in [0.25, 0.3) is 0 Å². The highest BCUT2D eigenvalue weighted by atomic mass is 16.5. The molecule has 0 radical (unpaired) electrons. The van der Waals surface area contributed by atoms with Crippen LogP contribution in [-0.4, -0.2) is 75.7 Å². The number of rotatable bonds is 4. The SMILES string of the molecule is C=C/C1=C(\C=C)OC[C@H](C)NCC(=C)NCC(=O)NC(CN(C)C)C(=O)NCC(C)C1. The Morgan fingerprint density at radius 3 is 2.45 bits per heavy atom. The van der Waals surface area contributed by atoms with Crippen LogP contribution in [0.5, 0.6) is 0 Å². The molecule has 0 bridgehead atoms. The molecule has 1 rings (SSSR count). The fraction of sp³-hybridized carbons (Fsp3) is 0.565. The predicted octanol–water partition coefficient (Wildman–Crippen LogP) is 0.913. The van der Waals surface area contributed by atoms with Crippen LogP contribution >= 0.6 is 0 Å². The summed E-state index contributed by atoms with van der Waals surface area (Å²) in [7, 11) is 3.72. The lowest BCUT2D eigenvalue weighted by Gasteiger charge is -2.24. The summed E-state index contributed by atoms with van der Waals surface area (Å²) in [6, 6.07) is -0.586. The molecule has 0 aromatic rings. The van der Waals surface area contributed by atoms with Gasteiger partial charge in [-0.1, -0.05) is 32.7 Å². The van der Waals surface area contributed by atoms with Gasteiger partial charge in [-0.15, -0.1) is 0 Å². The van der Waals surface area contributed by atoms with Crippen LogP contribution < -0.4 is 21.3 Å². The van der Waals surface area contributed by atoms with Crippen LogP contribution in [0.25, 0.3) is 0 Å². The van der Waals surface area contributed by atoms with E-state index in [4.69, 9.17) is 4.74 Å². The third-order valence-corrected chi connectivity index (χ3v) is 4.79. The summed E-state index contributed by atoms with van der Waals surface area (Å²) < 4.78 is 5.96. The number of allylic oxidation sites excluding steroid dienone is 3. The Bertz CT molecular complexity index is 687. The van der Waals surface area contributed by atoms with E-state index in [0.717, 1.165) is 5.57 Å².